The normalized spacial score (nSPS) is 14.3. The Morgan fingerprint density at radius 3 is 2.63 bits per heavy atom. The summed E-state index contributed by atoms with van der Waals surface area (Å²) in [5.41, 5.74) is 4.77. The van der Waals surface area contributed by atoms with Gasteiger partial charge in [0.2, 0.25) is 5.91 Å². The molecule has 3 rings (SSSR count). The molecule has 1 aliphatic heterocycles. The van der Waals surface area contributed by atoms with Crippen LogP contribution in [0.15, 0.2) is 10.2 Å². The van der Waals surface area contributed by atoms with E-state index in [-0.39, 0.29) is 11.6 Å². The second-order valence-electron chi connectivity index (χ2n) is 7.19. The lowest BCUT2D eigenvalue weighted by Gasteiger charge is -2.12. The summed E-state index contributed by atoms with van der Waals surface area (Å²) in [6.07, 6.45) is 8.51. The Hall–Kier alpha value is -2.75. The van der Waals surface area contributed by atoms with Crippen LogP contribution < -0.4 is 5.32 Å². The van der Waals surface area contributed by atoms with E-state index in [9.17, 15) is 4.79 Å². The number of aryl methyl sites for hydroxylation is 4. The van der Waals surface area contributed by atoms with Gasteiger partial charge in [0.15, 0.2) is 11.3 Å². The van der Waals surface area contributed by atoms with E-state index in [2.05, 4.69) is 33.5 Å². The number of terminal acetylenes is 1. The fraction of sp³-hybridized carbons (Fsp3) is 0.550. The number of rotatable bonds is 8. The topological polar surface area (TPSA) is 84.5 Å². The molecule has 0 radical (unpaired) electrons. The van der Waals surface area contributed by atoms with Crippen molar-refractivity contribution in [1.82, 2.24) is 20.1 Å². The first-order valence-corrected chi connectivity index (χ1v) is 9.30. The lowest BCUT2D eigenvalue weighted by atomic mass is 9.99. The first-order chi connectivity index (χ1) is 12.9. The van der Waals surface area contributed by atoms with Gasteiger partial charge < -0.3 is 5.32 Å². The molecular formula is C20H26N6O. The van der Waals surface area contributed by atoms with Crippen LogP contribution in [0, 0.1) is 33.1 Å². The number of pyridine rings is 1. The molecule has 2 aromatic rings. The number of nitrogens with one attached hydrogen (secondary N) is 1. The van der Waals surface area contributed by atoms with Crippen LogP contribution in [0.25, 0.3) is 11.0 Å². The molecular weight excluding hydrogens is 340 g/mol. The molecule has 0 saturated carbocycles. The Labute approximate surface area is 159 Å². The number of nitrogens with zero attached hydrogens (tertiary/aromatic N) is 5. The van der Waals surface area contributed by atoms with Gasteiger partial charge in [-0.25, -0.2) is 4.98 Å². The van der Waals surface area contributed by atoms with Crippen LogP contribution in [0.5, 0.6) is 0 Å². The highest BCUT2D eigenvalue weighted by Gasteiger charge is 2.38. The average Bonchev–Trinajstić information content (AvgIpc) is 3.32. The Bertz CT molecular complexity index is 944. The molecule has 0 fully saturated rings. The quantitative estimate of drug-likeness (QED) is 0.729. The van der Waals surface area contributed by atoms with Gasteiger partial charge in [-0.05, 0) is 38.3 Å². The van der Waals surface area contributed by atoms with Gasteiger partial charge in [-0.15, -0.1) is 12.3 Å². The van der Waals surface area contributed by atoms with Gasteiger partial charge in [0, 0.05) is 50.4 Å². The summed E-state index contributed by atoms with van der Waals surface area (Å²) in [4.78, 5) is 16.9. The lowest BCUT2D eigenvalue weighted by molar-refractivity contribution is -0.121. The molecule has 1 amide bonds. The molecule has 1 N–H and O–H groups in total. The molecule has 27 heavy (non-hydrogen) atoms. The van der Waals surface area contributed by atoms with Crippen molar-refractivity contribution in [2.45, 2.75) is 58.5 Å². The minimum Gasteiger partial charge on any atom is -0.356 e. The van der Waals surface area contributed by atoms with E-state index in [1.807, 2.05) is 25.6 Å². The van der Waals surface area contributed by atoms with Crippen LogP contribution in [0.2, 0.25) is 0 Å². The number of hydrogen-bond acceptors (Lipinski definition) is 5. The molecule has 0 spiro atoms. The third kappa shape index (κ3) is 4.00. The zero-order valence-electron chi connectivity index (χ0n) is 16.5. The highest BCUT2D eigenvalue weighted by Crippen LogP contribution is 2.36. The summed E-state index contributed by atoms with van der Waals surface area (Å²) < 4.78 is 1.81. The molecule has 7 heteroatoms. The predicted octanol–water partition coefficient (Wildman–Crippen LogP) is 2.91. The van der Waals surface area contributed by atoms with Gasteiger partial charge in [0.1, 0.15) is 0 Å². The van der Waals surface area contributed by atoms with E-state index in [4.69, 9.17) is 11.4 Å². The molecule has 0 aromatic carbocycles. The van der Waals surface area contributed by atoms with Crippen molar-refractivity contribution in [3.8, 4) is 12.3 Å². The molecule has 0 bridgehead atoms. The van der Waals surface area contributed by atoms with Crippen LogP contribution in [0.4, 0.5) is 0 Å². The monoisotopic (exact) mass is 366 g/mol. The van der Waals surface area contributed by atoms with Gasteiger partial charge in [0.25, 0.3) is 0 Å². The maximum absolute atomic E-state index is 12.3. The highest BCUT2D eigenvalue weighted by atomic mass is 16.1. The second kappa shape index (κ2) is 7.47. The minimum absolute atomic E-state index is 0.0320. The number of fused-ring (bicyclic) bond motifs is 1. The average molecular weight is 366 g/mol. The summed E-state index contributed by atoms with van der Waals surface area (Å²) in [6, 6.07) is 0. The van der Waals surface area contributed by atoms with Crippen molar-refractivity contribution in [1.29, 1.82) is 0 Å². The van der Waals surface area contributed by atoms with E-state index < -0.39 is 0 Å². The first kappa shape index (κ1) is 19.0. The molecule has 0 atom stereocenters. The van der Waals surface area contributed by atoms with Crippen LogP contribution in [0.1, 0.15) is 48.2 Å². The third-order valence-electron chi connectivity index (χ3n) is 5.23. The smallest absolute Gasteiger partial charge is 0.220 e. The number of hydrogen-bond donors (Lipinski definition) is 1. The molecule has 0 aliphatic carbocycles. The molecule has 0 unspecified atom stereocenters. The van der Waals surface area contributed by atoms with E-state index >= 15 is 0 Å². The van der Waals surface area contributed by atoms with Gasteiger partial charge in [-0.3, -0.25) is 9.48 Å². The summed E-state index contributed by atoms with van der Waals surface area (Å²) in [6.45, 7) is 6.64. The Balaban J connectivity index is 1.56. The van der Waals surface area contributed by atoms with E-state index in [0.717, 1.165) is 34.4 Å². The fourth-order valence-corrected chi connectivity index (χ4v) is 3.63. The number of carbonyl (C=O) groups excluding carboxylic acids is 1. The van der Waals surface area contributed by atoms with Crippen molar-refractivity contribution in [2.75, 3.05) is 6.54 Å². The predicted molar refractivity (Wildman–Crippen MR) is 104 cm³/mol. The molecule has 142 valence electrons. The maximum atomic E-state index is 12.3. The fourth-order valence-electron chi connectivity index (χ4n) is 3.63. The largest absolute Gasteiger partial charge is 0.356 e. The second-order valence-corrected chi connectivity index (χ2v) is 7.19. The van der Waals surface area contributed by atoms with Gasteiger partial charge in [0.05, 0.1) is 5.69 Å². The summed E-state index contributed by atoms with van der Waals surface area (Å²) in [5.74, 6) is 2.64. The number of carbonyl (C=O) groups is 1. The molecule has 7 nitrogen and oxygen atoms in total. The zero-order valence-corrected chi connectivity index (χ0v) is 16.5. The van der Waals surface area contributed by atoms with Crippen LogP contribution >= 0.6 is 0 Å². The van der Waals surface area contributed by atoms with E-state index in [1.54, 1.807) is 0 Å². The summed E-state index contributed by atoms with van der Waals surface area (Å²) >= 11 is 0. The van der Waals surface area contributed by atoms with Crippen LogP contribution in [-0.2, 0) is 18.3 Å². The molecule has 3 heterocycles. The zero-order chi connectivity index (χ0) is 19.6. The molecule has 1 aliphatic rings. The SMILES string of the molecule is C#CCCC1(CCNC(=O)CCc2c(C)nc3c(c(C)nn3C)c2C)N=N1. The van der Waals surface area contributed by atoms with Gasteiger partial charge in [-0.2, -0.15) is 15.3 Å². The van der Waals surface area contributed by atoms with Crippen molar-refractivity contribution in [3.05, 3.63) is 22.5 Å². The highest BCUT2D eigenvalue weighted by molar-refractivity contribution is 5.84. The minimum atomic E-state index is -0.348. The summed E-state index contributed by atoms with van der Waals surface area (Å²) in [5, 5.41) is 16.7. The standard InChI is InChI=1S/C20H26N6O/c1-6-7-10-20(24-25-20)11-12-21-17(27)9-8-16-13(2)18-15(4)23-26(5)19(18)22-14(16)3/h1H,7-12H2,2-5H3,(H,21,27). The summed E-state index contributed by atoms with van der Waals surface area (Å²) in [7, 11) is 1.91. The van der Waals surface area contributed by atoms with Crippen molar-refractivity contribution in [2.24, 2.45) is 17.3 Å². The van der Waals surface area contributed by atoms with E-state index in [1.165, 1.54) is 5.56 Å². The van der Waals surface area contributed by atoms with Crippen molar-refractivity contribution in [3.63, 3.8) is 0 Å². The Morgan fingerprint density at radius 2 is 1.96 bits per heavy atom. The lowest BCUT2D eigenvalue weighted by Crippen LogP contribution is -2.28. The Kier molecular flexibility index (Phi) is 5.26. The van der Waals surface area contributed by atoms with Crippen LogP contribution in [0.3, 0.4) is 0 Å². The van der Waals surface area contributed by atoms with Gasteiger partial charge in [-0.1, -0.05) is 0 Å². The van der Waals surface area contributed by atoms with Crippen LogP contribution in [-0.4, -0.2) is 32.9 Å². The molecule has 0 saturated heterocycles. The molecule has 2 aromatic heterocycles. The van der Waals surface area contributed by atoms with Crippen molar-refractivity contribution >= 4 is 16.9 Å². The third-order valence-corrected chi connectivity index (χ3v) is 5.23. The Morgan fingerprint density at radius 1 is 1.22 bits per heavy atom. The number of amides is 1. The van der Waals surface area contributed by atoms with Gasteiger partial charge >= 0.3 is 0 Å². The maximum Gasteiger partial charge on any atom is 0.220 e. The van der Waals surface area contributed by atoms with E-state index in [0.29, 0.717) is 32.2 Å². The first-order valence-electron chi connectivity index (χ1n) is 9.30. The number of aromatic nitrogens is 3. The van der Waals surface area contributed by atoms with Crippen molar-refractivity contribution < 1.29 is 4.79 Å².